The molecule has 0 aliphatic heterocycles. The van der Waals surface area contributed by atoms with Crippen molar-refractivity contribution in [3.8, 4) is 5.69 Å². The van der Waals surface area contributed by atoms with Crippen molar-refractivity contribution >= 4 is 29.2 Å². The van der Waals surface area contributed by atoms with Crippen LogP contribution in [0.2, 0.25) is 0 Å². The highest BCUT2D eigenvalue weighted by Gasteiger charge is 2.16. The van der Waals surface area contributed by atoms with Crippen LogP contribution in [-0.4, -0.2) is 20.7 Å². The molecule has 0 fully saturated rings. The molecule has 2 aromatic rings. The minimum absolute atomic E-state index is 0.151. The van der Waals surface area contributed by atoms with Gasteiger partial charge in [-0.3, -0.25) is 14.9 Å². The molecule has 0 radical (unpaired) electrons. The lowest BCUT2D eigenvalue weighted by atomic mass is 9.96. The quantitative estimate of drug-likeness (QED) is 0.376. The largest absolute Gasteiger partial charge is 0.325 e. The maximum absolute atomic E-state index is 12.8. The minimum Gasteiger partial charge on any atom is -0.325 e. The lowest BCUT2D eigenvalue weighted by Crippen LogP contribution is -2.28. The number of nitrogens with one attached hydrogen (secondary N) is 2. The van der Waals surface area contributed by atoms with Gasteiger partial charge in [0, 0.05) is 13.3 Å². The fourth-order valence-corrected chi connectivity index (χ4v) is 3.16. The van der Waals surface area contributed by atoms with Crippen LogP contribution in [0.15, 0.2) is 52.4 Å². The van der Waals surface area contributed by atoms with Gasteiger partial charge in [-0.1, -0.05) is 30.4 Å². The van der Waals surface area contributed by atoms with Crippen molar-refractivity contribution in [3.05, 3.63) is 58.5 Å². The fraction of sp³-hybridized carbons (Fsp3) is 0.316. The van der Waals surface area contributed by atoms with Crippen LogP contribution in [0.1, 0.15) is 25.0 Å². The molecule has 1 aromatic carbocycles. The van der Waals surface area contributed by atoms with Gasteiger partial charge in [0.25, 0.3) is 5.56 Å². The van der Waals surface area contributed by atoms with Gasteiger partial charge in [0.05, 0.1) is 11.4 Å². The number of hydrazone groups is 1. The molecule has 1 aliphatic carbocycles. The summed E-state index contributed by atoms with van der Waals surface area (Å²) in [5, 5.41) is 7.50. The number of hydrogen-bond acceptors (Lipinski definition) is 3. The van der Waals surface area contributed by atoms with E-state index in [9.17, 15) is 4.79 Å². The standard InChI is InChI=1S/C19H23N5OS/c1-14-17(18(25)24(23(14)2)16-11-7-4-8-12-16)21-19(26)22-20-13-15-9-5-3-6-10-15/h3-5,7-8,11-13,15H,6,9-10H2,1-2H3,(H2,21,22,26)/b20-13-/t15-/m1/s1. The van der Waals surface area contributed by atoms with E-state index in [-0.39, 0.29) is 5.56 Å². The van der Waals surface area contributed by atoms with Gasteiger partial charge in [-0.15, -0.1) is 0 Å². The van der Waals surface area contributed by atoms with Crippen molar-refractivity contribution in [2.24, 2.45) is 18.1 Å². The third kappa shape index (κ3) is 3.94. The monoisotopic (exact) mass is 369 g/mol. The zero-order chi connectivity index (χ0) is 18.5. The Hall–Kier alpha value is -2.67. The molecule has 7 heteroatoms. The molecule has 0 bridgehead atoms. The Morgan fingerprint density at radius 1 is 1.31 bits per heavy atom. The molecule has 0 spiro atoms. The van der Waals surface area contributed by atoms with Crippen molar-refractivity contribution in [2.75, 3.05) is 5.32 Å². The highest BCUT2D eigenvalue weighted by atomic mass is 32.1. The number of anilines is 1. The van der Waals surface area contributed by atoms with Gasteiger partial charge in [0.1, 0.15) is 5.69 Å². The molecule has 1 heterocycles. The number of aromatic nitrogens is 2. The lowest BCUT2D eigenvalue weighted by Gasteiger charge is -2.12. The smallest absolute Gasteiger partial charge is 0.295 e. The summed E-state index contributed by atoms with van der Waals surface area (Å²) >= 11 is 5.28. The van der Waals surface area contributed by atoms with Gasteiger partial charge in [0.2, 0.25) is 0 Å². The number of thiocarbonyl (C=S) groups is 1. The minimum atomic E-state index is -0.151. The average molecular weight is 369 g/mol. The van der Waals surface area contributed by atoms with Crippen LogP contribution in [0.3, 0.4) is 0 Å². The second kappa shape index (κ2) is 8.14. The summed E-state index contributed by atoms with van der Waals surface area (Å²) < 4.78 is 3.41. The molecule has 0 saturated carbocycles. The summed E-state index contributed by atoms with van der Waals surface area (Å²) in [5.41, 5.74) is 4.71. The molecular formula is C19H23N5OS. The predicted molar refractivity (Wildman–Crippen MR) is 110 cm³/mol. The molecule has 6 nitrogen and oxygen atoms in total. The summed E-state index contributed by atoms with van der Waals surface area (Å²) in [5.74, 6) is 0.434. The van der Waals surface area contributed by atoms with Crippen molar-refractivity contribution in [1.29, 1.82) is 0 Å². The van der Waals surface area contributed by atoms with E-state index in [1.54, 1.807) is 9.36 Å². The van der Waals surface area contributed by atoms with E-state index in [1.807, 2.05) is 50.5 Å². The van der Waals surface area contributed by atoms with Gasteiger partial charge in [-0.2, -0.15) is 5.10 Å². The molecule has 26 heavy (non-hydrogen) atoms. The van der Waals surface area contributed by atoms with Gasteiger partial charge in [-0.25, -0.2) is 4.68 Å². The van der Waals surface area contributed by atoms with Gasteiger partial charge in [-0.05, 0) is 56.5 Å². The second-order valence-corrected chi connectivity index (χ2v) is 6.73. The van der Waals surface area contributed by atoms with Crippen molar-refractivity contribution in [1.82, 2.24) is 14.8 Å². The van der Waals surface area contributed by atoms with Crippen LogP contribution in [0.5, 0.6) is 0 Å². The van der Waals surface area contributed by atoms with E-state index in [4.69, 9.17) is 12.2 Å². The van der Waals surface area contributed by atoms with Crippen LogP contribution < -0.4 is 16.3 Å². The average Bonchev–Trinajstić information content (AvgIpc) is 2.87. The zero-order valence-electron chi connectivity index (χ0n) is 15.0. The first kappa shape index (κ1) is 18.1. The third-order valence-corrected chi connectivity index (χ3v) is 4.75. The third-order valence-electron chi connectivity index (χ3n) is 4.55. The first-order valence-corrected chi connectivity index (χ1v) is 9.08. The fourth-order valence-electron chi connectivity index (χ4n) is 3.01. The second-order valence-electron chi connectivity index (χ2n) is 6.33. The molecule has 0 saturated heterocycles. The van der Waals surface area contributed by atoms with Gasteiger partial charge in [0.15, 0.2) is 5.11 Å². The van der Waals surface area contributed by atoms with Gasteiger partial charge < -0.3 is 5.32 Å². The van der Waals surface area contributed by atoms with Gasteiger partial charge >= 0.3 is 0 Å². The molecule has 136 valence electrons. The summed E-state index contributed by atoms with van der Waals surface area (Å²) in [4.78, 5) is 12.8. The first-order valence-electron chi connectivity index (χ1n) is 8.67. The summed E-state index contributed by atoms with van der Waals surface area (Å²) in [6.07, 6.45) is 9.45. The maximum atomic E-state index is 12.8. The molecule has 2 N–H and O–H groups in total. The number of hydrogen-bond donors (Lipinski definition) is 2. The number of nitrogens with zero attached hydrogens (tertiary/aromatic N) is 3. The molecular weight excluding hydrogens is 346 g/mol. The zero-order valence-corrected chi connectivity index (χ0v) is 15.8. The number of rotatable bonds is 4. The molecule has 3 rings (SSSR count). The normalized spacial score (nSPS) is 16.8. The Kier molecular flexibility index (Phi) is 5.68. The number of benzene rings is 1. The van der Waals surface area contributed by atoms with E-state index in [0.29, 0.717) is 16.7 Å². The Balaban J connectivity index is 1.72. The van der Waals surface area contributed by atoms with Crippen LogP contribution in [0.4, 0.5) is 5.69 Å². The summed E-state index contributed by atoms with van der Waals surface area (Å²) in [6, 6.07) is 9.51. The van der Waals surface area contributed by atoms with Crippen molar-refractivity contribution in [3.63, 3.8) is 0 Å². The molecule has 0 unspecified atom stereocenters. The Bertz CT molecular complexity index is 895. The predicted octanol–water partition coefficient (Wildman–Crippen LogP) is 3.11. The SMILES string of the molecule is Cc1c(NC(=S)N/N=C\[C@@H]2CC=CCC2)c(=O)n(-c2ccccc2)n1C. The lowest BCUT2D eigenvalue weighted by molar-refractivity contribution is 0.624. The topological polar surface area (TPSA) is 63.4 Å². The summed E-state index contributed by atoms with van der Waals surface area (Å²) in [6.45, 7) is 1.88. The highest BCUT2D eigenvalue weighted by Crippen LogP contribution is 2.16. The molecule has 1 aliphatic rings. The van der Waals surface area contributed by atoms with Crippen LogP contribution >= 0.6 is 12.2 Å². The van der Waals surface area contributed by atoms with E-state index in [2.05, 4.69) is 28.0 Å². The molecule has 1 aromatic heterocycles. The van der Waals surface area contributed by atoms with E-state index in [0.717, 1.165) is 30.6 Å². The molecule has 1 atom stereocenters. The van der Waals surface area contributed by atoms with E-state index >= 15 is 0 Å². The Labute approximate surface area is 158 Å². The summed E-state index contributed by atoms with van der Waals surface area (Å²) in [7, 11) is 1.85. The van der Waals surface area contributed by atoms with Crippen molar-refractivity contribution in [2.45, 2.75) is 26.2 Å². The van der Waals surface area contributed by atoms with Crippen LogP contribution in [0, 0.1) is 12.8 Å². The maximum Gasteiger partial charge on any atom is 0.295 e. The van der Waals surface area contributed by atoms with E-state index < -0.39 is 0 Å². The highest BCUT2D eigenvalue weighted by molar-refractivity contribution is 7.80. The Morgan fingerprint density at radius 2 is 2.08 bits per heavy atom. The molecule has 0 amide bonds. The van der Waals surface area contributed by atoms with Crippen LogP contribution in [0.25, 0.3) is 5.69 Å². The number of para-hydroxylation sites is 1. The Morgan fingerprint density at radius 3 is 2.77 bits per heavy atom. The van der Waals surface area contributed by atoms with Crippen LogP contribution in [-0.2, 0) is 7.05 Å². The number of allylic oxidation sites excluding steroid dienone is 2. The van der Waals surface area contributed by atoms with E-state index in [1.165, 1.54) is 0 Å². The van der Waals surface area contributed by atoms with Crippen molar-refractivity contribution < 1.29 is 0 Å². The first-order chi connectivity index (χ1) is 12.6.